The molecule has 1 saturated carbocycles. The molecule has 0 radical (unpaired) electrons. The fourth-order valence-electron chi connectivity index (χ4n) is 7.01. The van der Waals surface area contributed by atoms with Crippen molar-refractivity contribution < 1.29 is 31.1 Å². The average Bonchev–Trinajstić information content (AvgIpc) is 3.48. The van der Waals surface area contributed by atoms with Gasteiger partial charge >= 0.3 is 12.4 Å². The Labute approximate surface area is 265 Å². The Morgan fingerprint density at radius 1 is 0.848 bits per heavy atom. The maximum atomic E-state index is 13.8. The van der Waals surface area contributed by atoms with E-state index in [4.69, 9.17) is 0 Å². The number of carbonyl (C=O) groups excluding carboxylic acids is 1. The zero-order valence-corrected chi connectivity index (χ0v) is 26.3. The maximum absolute atomic E-state index is 13.8. The second-order valence-electron chi connectivity index (χ2n) is 12.5. The predicted octanol–water partition coefficient (Wildman–Crippen LogP) is 8.05. The summed E-state index contributed by atoms with van der Waals surface area (Å²) >= 11 is 0. The molecule has 1 aromatic carbocycles. The van der Waals surface area contributed by atoms with Crippen molar-refractivity contribution in [1.82, 2.24) is 24.6 Å². The van der Waals surface area contributed by atoms with E-state index in [0.717, 1.165) is 49.8 Å². The molecule has 1 unspecified atom stereocenters. The number of likely N-dealkylation sites (tertiary alicyclic amines) is 1. The van der Waals surface area contributed by atoms with Gasteiger partial charge in [-0.25, -0.2) is 9.97 Å². The first kappa shape index (κ1) is 33.7. The lowest BCUT2D eigenvalue weighted by molar-refractivity contribution is -0.145. The SMILES string of the molecule is CC[C@@H]1CC(N(Cc2cc(C(F)(F)F)cc(C(F)(F)F)c2)c2ncc(-c3cnn(C)c3)cn2)C[C@H](CC)N1C(=O)C1CCCCC1. The number of alkyl halides is 6. The van der Waals surface area contributed by atoms with Crippen LogP contribution in [0.5, 0.6) is 0 Å². The van der Waals surface area contributed by atoms with Gasteiger partial charge in [0.25, 0.3) is 0 Å². The molecule has 0 bridgehead atoms. The monoisotopic (exact) mass is 650 g/mol. The topological polar surface area (TPSA) is 67.2 Å². The molecule has 5 rings (SSSR count). The maximum Gasteiger partial charge on any atom is 0.416 e. The third kappa shape index (κ3) is 7.49. The zero-order valence-electron chi connectivity index (χ0n) is 26.3. The first-order valence-corrected chi connectivity index (χ1v) is 16.0. The van der Waals surface area contributed by atoms with E-state index < -0.39 is 23.5 Å². The van der Waals surface area contributed by atoms with Gasteiger partial charge in [-0.1, -0.05) is 33.1 Å². The summed E-state index contributed by atoms with van der Waals surface area (Å²) in [4.78, 5) is 26.7. The summed E-state index contributed by atoms with van der Waals surface area (Å²) in [6.45, 7) is 3.74. The number of halogens is 6. The number of hydrogen-bond acceptors (Lipinski definition) is 5. The highest BCUT2D eigenvalue weighted by molar-refractivity contribution is 5.80. The van der Waals surface area contributed by atoms with Gasteiger partial charge in [0.2, 0.25) is 11.9 Å². The summed E-state index contributed by atoms with van der Waals surface area (Å²) in [6.07, 6.45) is 3.89. The lowest BCUT2D eigenvalue weighted by Gasteiger charge is -2.49. The second-order valence-corrected chi connectivity index (χ2v) is 12.5. The normalized spacial score (nSPS) is 21.4. The van der Waals surface area contributed by atoms with Gasteiger partial charge in [0.05, 0.1) is 17.3 Å². The van der Waals surface area contributed by atoms with Gasteiger partial charge in [0.15, 0.2) is 0 Å². The number of aryl methyl sites for hydroxylation is 1. The van der Waals surface area contributed by atoms with E-state index in [1.165, 1.54) is 0 Å². The fraction of sp³-hybridized carbons (Fsp3) is 0.576. The number of hydrogen-bond donors (Lipinski definition) is 0. The summed E-state index contributed by atoms with van der Waals surface area (Å²) in [6, 6.07) is 1.07. The Balaban J connectivity index is 1.52. The van der Waals surface area contributed by atoms with Crippen LogP contribution in [0, 0.1) is 5.92 Å². The minimum atomic E-state index is -4.96. The van der Waals surface area contributed by atoms with Crippen molar-refractivity contribution in [2.45, 2.75) is 109 Å². The fourth-order valence-corrected chi connectivity index (χ4v) is 7.01. The summed E-state index contributed by atoms with van der Waals surface area (Å²) < 4.78 is 84.3. The quantitative estimate of drug-likeness (QED) is 0.231. The molecule has 1 saturated heterocycles. The van der Waals surface area contributed by atoms with E-state index in [9.17, 15) is 31.1 Å². The van der Waals surface area contributed by atoms with E-state index in [1.807, 2.05) is 18.7 Å². The highest BCUT2D eigenvalue weighted by atomic mass is 19.4. The molecule has 3 heterocycles. The summed E-state index contributed by atoms with van der Waals surface area (Å²) in [7, 11) is 1.77. The Morgan fingerprint density at radius 2 is 1.41 bits per heavy atom. The van der Waals surface area contributed by atoms with Gasteiger partial charge in [-0.15, -0.1) is 0 Å². The van der Waals surface area contributed by atoms with Crippen LogP contribution in [0.3, 0.4) is 0 Å². The van der Waals surface area contributed by atoms with E-state index >= 15 is 0 Å². The third-order valence-electron chi connectivity index (χ3n) is 9.40. The van der Waals surface area contributed by atoms with E-state index in [0.29, 0.717) is 31.2 Å². The number of nitrogens with zero attached hydrogens (tertiary/aromatic N) is 6. The smallest absolute Gasteiger partial charge is 0.336 e. The molecule has 0 N–H and O–H groups in total. The van der Waals surface area contributed by atoms with Crippen molar-refractivity contribution in [2.75, 3.05) is 4.90 Å². The highest BCUT2D eigenvalue weighted by Crippen LogP contribution is 2.39. The average molecular weight is 651 g/mol. The minimum absolute atomic E-state index is 0.0150. The molecule has 3 atom stereocenters. The van der Waals surface area contributed by atoms with Gasteiger partial charge in [0.1, 0.15) is 0 Å². The van der Waals surface area contributed by atoms with Crippen molar-refractivity contribution in [3.63, 3.8) is 0 Å². The van der Waals surface area contributed by atoms with Crippen molar-refractivity contribution >= 4 is 11.9 Å². The Hall–Kier alpha value is -3.64. The van der Waals surface area contributed by atoms with Crippen LogP contribution in [0.2, 0.25) is 0 Å². The molecule has 1 amide bonds. The Kier molecular flexibility index (Phi) is 9.97. The lowest BCUT2D eigenvalue weighted by Crippen LogP contribution is -2.58. The van der Waals surface area contributed by atoms with Crippen LogP contribution in [0.25, 0.3) is 11.1 Å². The molecule has 3 aromatic rings. The predicted molar refractivity (Wildman–Crippen MR) is 161 cm³/mol. The largest absolute Gasteiger partial charge is 0.416 e. The molecular formula is C33H40F6N6O. The number of carbonyl (C=O) groups is 1. The molecule has 0 spiro atoms. The molecule has 13 heteroatoms. The lowest BCUT2D eigenvalue weighted by atomic mass is 9.83. The molecule has 1 aliphatic carbocycles. The van der Waals surface area contributed by atoms with Crippen molar-refractivity contribution in [1.29, 1.82) is 0 Å². The molecule has 1 aliphatic heterocycles. The van der Waals surface area contributed by atoms with Crippen LogP contribution in [0.4, 0.5) is 32.3 Å². The second kappa shape index (κ2) is 13.6. The number of rotatable bonds is 8. The van der Waals surface area contributed by atoms with E-state index in [1.54, 1.807) is 41.4 Å². The number of amides is 1. The zero-order chi connectivity index (χ0) is 33.2. The van der Waals surface area contributed by atoms with Crippen molar-refractivity contribution in [3.05, 3.63) is 59.7 Å². The molecule has 2 aliphatic rings. The number of benzene rings is 1. The summed E-state index contributed by atoms with van der Waals surface area (Å²) in [5.74, 6) is 0.340. The van der Waals surface area contributed by atoms with E-state index in [2.05, 4.69) is 15.1 Å². The molecule has 7 nitrogen and oxygen atoms in total. The standard InChI is InChI=1S/C33H40F6N6O/c1-4-27-14-29(15-28(5-2)45(27)30(46)22-9-7-6-8-10-22)44(31-40-16-23(17-41-31)24-18-42-43(3)20-24)19-21-11-25(32(34,35)36)13-26(12-21)33(37,38)39/h11-13,16-18,20,22,27-29H,4-10,14-15,19H2,1-3H3/t27-,28+,29?. The van der Waals surface area contributed by atoms with E-state index in [-0.39, 0.29) is 54.1 Å². The molecule has 250 valence electrons. The Morgan fingerprint density at radius 3 is 1.89 bits per heavy atom. The van der Waals surface area contributed by atoms with Crippen LogP contribution in [0.15, 0.2) is 43.0 Å². The van der Waals surface area contributed by atoms with Gasteiger partial charge in [0, 0.05) is 67.4 Å². The van der Waals surface area contributed by atoms with Crippen molar-refractivity contribution in [2.24, 2.45) is 13.0 Å². The molecule has 46 heavy (non-hydrogen) atoms. The van der Waals surface area contributed by atoms with Crippen LogP contribution in [0.1, 0.15) is 88.3 Å². The molecule has 2 aromatic heterocycles. The first-order valence-electron chi connectivity index (χ1n) is 16.0. The number of piperidine rings is 1. The summed E-state index contributed by atoms with van der Waals surface area (Å²) in [5, 5.41) is 4.16. The van der Waals surface area contributed by atoms with Crippen LogP contribution < -0.4 is 4.90 Å². The summed E-state index contributed by atoms with van der Waals surface area (Å²) in [5.41, 5.74) is -1.45. The van der Waals surface area contributed by atoms with Gasteiger partial charge in [-0.3, -0.25) is 9.48 Å². The first-order chi connectivity index (χ1) is 21.8. The number of anilines is 1. The van der Waals surface area contributed by atoms with Gasteiger partial charge in [-0.05, 0) is 62.3 Å². The molecular weight excluding hydrogens is 610 g/mol. The van der Waals surface area contributed by atoms with Crippen LogP contribution in [-0.4, -0.2) is 48.7 Å². The van der Waals surface area contributed by atoms with Crippen LogP contribution >= 0.6 is 0 Å². The van der Waals surface area contributed by atoms with Crippen molar-refractivity contribution in [3.8, 4) is 11.1 Å². The third-order valence-corrected chi connectivity index (χ3v) is 9.40. The van der Waals surface area contributed by atoms with Crippen LogP contribution in [-0.2, 0) is 30.7 Å². The van der Waals surface area contributed by atoms with Gasteiger partial charge < -0.3 is 9.80 Å². The molecule has 2 fully saturated rings. The number of aromatic nitrogens is 4. The highest BCUT2D eigenvalue weighted by Gasteiger charge is 2.42. The Bertz CT molecular complexity index is 1430. The van der Waals surface area contributed by atoms with Gasteiger partial charge in [-0.2, -0.15) is 31.4 Å². The minimum Gasteiger partial charge on any atom is -0.336 e.